The number of pyridine rings is 1. The minimum Gasteiger partial charge on any atom is -0.308 e. The maximum absolute atomic E-state index is 4.56. The zero-order valence-electron chi connectivity index (χ0n) is 11.8. The molecule has 1 aromatic carbocycles. The van der Waals surface area contributed by atoms with E-state index in [0.29, 0.717) is 0 Å². The van der Waals surface area contributed by atoms with Gasteiger partial charge in [-0.2, -0.15) is 5.10 Å². The molecule has 0 saturated heterocycles. The van der Waals surface area contributed by atoms with Crippen LogP contribution >= 0.6 is 0 Å². The highest BCUT2D eigenvalue weighted by atomic mass is 15.2. The van der Waals surface area contributed by atoms with Gasteiger partial charge >= 0.3 is 0 Å². The predicted molar refractivity (Wildman–Crippen MR) is 80.2 cm³/mol. The highest BCUT2D eigenvalue weighted by molar-refractivity contribution is 5.82. The Hall–Kier alpha value is -2.20. The maximum Gasteiger partial charge on any atom is 0.0708 e. The lowest BCUT2D eigenvalue weighted by Crippen LogP contribution is -2.13. The fourth-order valence-electron chi connectivity index (χ4n) is 2.45. The Morgan fingerprint density at radius 2 is 2.05 bits per heavy atom. The molecular formula is C16H18N4. The van der Waals surface area contributed by atoms with Gasteiger partial charge in [-0.1, -0.05) is 18.2 Å². The molecule has 1 N–H and O–H groups in total. The highest BCUT2D eigenvalue weighted by Crippen LogP contribution is 2.18. The van der Waals surface area contributed by atoms with E-state index in [9.17, 15) is 0 Å². The van der Waals surface area contributed by atoms with E-state index in [0.717, 1.165) is 24.3 Å². The van der Waals surface area contributed by atoms with Crippen molar-refractivity contribution in [2.24, 2.45) is 7.05 Å². The van der Waals surface area contributed by atoms with Gasteiger partial charge in [0, 0.05) is 43.0 Å². The molecule has 0 aliphatic rings. The van der Waals surface area contributed by atoms with Gasteiger partial charge in [-0.15, -0.1) is 0 Å². The highest BCUT2D eigenvalue weighted by Gasteiger charge is 2.03. The summed E-state index contributed by atoms with van der Waals surface area (Å²) < 4.78 is 1.82. The van der Waals surface area contributed by atoms with Crippen molar-refractivity contribution in [3.63, 3.8) is 0 Å². The number of fused-ring (bicyclic) bond motifs is 1. The molecular weight excluding hydrogens is 248 g/mol. The van der Waals surface area contributed by atoms with Crippen LogP contribution in [0.3, 0.4) is 0 Å². The standard InChI is InChI=1S/C16H18N4/c1-12-7-14(15-5-3-4-6-16(15)19-12)10-17-8-13-9-18-20(2)11-13/h3-7,9,11,17H,8,10H2,1-2H3. The second kappa shape index (κ2) is 5.43. The Morgan fingerprint density at radius 3 is 2.85 bits per heavy atom. The zero-order valence-corrected chi connectivity index (χ0v) is 11.8. The lowest BCUT2D eigenvalue weighted by atomic mass is 10.1. The molecule has 0 saturated carbocycles. The monoisotopic (exact) mass is 266 g/mol. The Morgan fingerprint density at radius 1 is 1.20 bits per heavy atom. The van der Waals surface area contributed by atoms with Crippen LogP contribution in [-0.4, -0.2) is 14.8 Å². The predicted octanol–water partition coefficient (Wildman–Crippen LogP) is 2.57. The van der Waals surface area contributed by atoms with Crippen LogP contribution in [-0.2, 0) is 20.1 Å². The number of para-hydroxylation sites is 1. The number of aryl methyl sites for hydroxylation is 2. The Labute approximate surface area is 118 Å². The average Bonchev–Trinajstić information content (AvgIpc) is 2.84. The van der Waals surface area contributed by atoms with E-state index in [1.165, 1.54) is 16.5 Å². The Bertz CT molecular complexity index is 730. The lowest BCUT2D eigenvalue weighted by Gasteiger charge is -2.08. The molecule has 0 amide bonds. The van der Waals surface area contributed by atoms with Crippen LogP contribution in [0.1, 0.15) is 16.8 Å². The number of benzene rings is 1. The Balaban J connectivity index is 1.77. The van der Waals surface area contributed by atoms with Crippen LogP contribution in [0.5, 0.6) is 0 Å². The van der Waals surface area contributed by atoms with Gasteiger partial charge < -0.3 is 5.32 Å². The van der Waals surface area contributed by atoms with Crippen LogP contribution in [0.2, 0.25) is 0 Å². The van der Waals surface area contributed by atoms with Crippen LogP contribution in [0, 0.1) is 6.92 Å². The van der Waals surface area contributed by atoms with E-state index in [4.69, 9.17) is 0 Å². The van der Waals surface area contributed by atoms with Gasteiger partial charge in [0.05, 0.1) is 11.7 Å². The van der Waals surface area contributed by atoms with Gasteiger partial charge in [0.2, 0.25) is 0 Å². The van der Waals surface area contributed by atoms with Crippen LogP contribution in [0.15, 0.2) is 42.7 Å². The van der Waals surface area contributed by atoms with E-state index >= 15 is 0 Å². The third-order valence-corrected chi connectivity index (χ3v) is 3.33. The molecule has 0 atom stereocenters. The molecule has 4 nitrogen and oxygen atoms in total. The number of hydrogen-bond acceptors (Lipinski definition) is 3. The number of aromatic nitrogens is 3. The first-order valence-electron chi connectivity index (χ1n) is 6.76. The number of nitrogens with one attached hydrogen (secondary N) is 1. The molecule has 2 heterocycles. The zero-order chi connectivity index (χ0) is 13.9. The van der Waals surface area contributed by atoms with Crippen LogP contribution in [0.25, 0.3) is 10.9 Å². The molecule has 2 aromatic heterocycles. The number of nitrogens with zero attached hydrogens (tertiary/aromatic N) is 3. The third kappa shape index (κ3) is 2.70. The molecule has 0 fully saturated rings. The third-order valence-electron chi connectivity index (χ3n) is 3.33. The van der Waals surface area contributed by atoms with Gasteiger partial charge in [-0.3, -0.25) is 9.67 Å². The second-order valence-corrected chi connectivity index (χ2v) is 5.07. The fourth-order valence-corrected chi connectivity index (χ4v) is 2.45. The van der Waals surface area contributed by atoms with Crippen LogP contribution < -0.4 is 5.32 Å². The van der Waals surface area contributed by atoms with E-state index in [2.05, 4.69) is 39.7 Å². The van der Waals surface area contributed by atoms with E-state index in [1.54, 1.807) is 0 Å². The molecule has 0 spiro atoms. The van der Waals surface area contributed by atoms with E-state index in [-0.39, 0.29) is 0 Å². The van der Waals surface area contributed by atoms with E-state index < -0.39 is 0 Å². The average molecular weight is 266 g/mol. The summed E-state index contributed by atoms with van der Waals surface area (Å²) in [6.45, 7) is 3.69. The summed E-state index contributed by atoms with van der Waals surface area (Å²) in [7, 11) is 1.93. The first-order valence-corrected chi connectivity index (χ1v) is 6.76. The lowest BCUT2D eigenvalue weighted by molar-refractivity contribution is 0.694. The maximum atomic E-state index is 4.56. The summed E-state index contributed by atoms with van der Waals surface area (Å²) in [5.41, 5.74) is 4.60. The van der Waals surface area contributed by atoms with Crippen molar-refractivity contribution in [3.8, 4) is 0 Å². The molecule has 20 heavy (non-hydrogen) atoms. The summed E-state index contributed by atoms with van der Waals surface area (Å²) in [6.07, 6.45) is 3.92. The molecule has 0 aliphatic heterocycles. The minimum atomic E-state index is 0.823. The summed E-state index contributed by atoms with van der Waals surface area (Å²) in [5.74, 6) is 0. The summed E-state index contributed by atoms with van der Waals surface area (Å²) in [5, 5.41) is 8.86. The SMILES string of the molecule is Cc1cc(CNCc2cnn(C)c2)c2ccccc2n1. The second-order valence-electron chi connectivity index (χ2n) is 5.07. The number of hydrogen-bond donors (Lipinski definition) is 1. The minimum absolute atomic E-state index is 0.823. The van der Waals surface area contributed by atoms with Crippen molar-refractivity contribution in [1.82, 2.24) is 20.1 Å². The smallest absolute Gasteiger partial charge is 0.0708 e. The summed E-state index contributed by atoms with van der Waals surface area (Å²) in [4.78, 5) is 4.56. The van der Waals surface area contributed by atoms with Gasteiger partial charge in [-0.25, -0.2) is 0 Å². The molecule has 3 rings (SSSR count). The molecule has 0 aliphatic carbocycles. The molecule has 3 aromatic rings. The molecule has 0 bridgehead atoms. The largest absolute Gasteiger partial charge is 0.308 e. The molecule has 102 valence electrons. The molecule has 0 radical (unpaired) electrons. The summed E-state index contributed by atoms with van der Waals surface area (Å²) >= 11 is 0. The topological polar surface area (TPSA) is 42.7 Å². The molecule has 4 heteroatoms. The first-order chi connectivity index (χ1) is 9.72. The normalized spacial score (nSPS) is 11.1. The van der Waals surface area contributed by atoms with Crippen molar-refractivity contribution in [1.29, 1.82) is 0 Å². The van der Waals surface area contributed by atoms with E-state index in [1.807, 2.05) is 37.1 Å². The van der Waals surface area contributed by atoms with Crippen molar-refractivity contribution >= 4 is 10.9 Å². The van der Waals surface area contributed by atoms with Crippen molar-refractivity contribution in [2.45, 2.75) is 20.0 Å². The quantitative estimate of drug-likeness (QED) is 0.789. The van der Waals surface area contributed by atoms with Crippen molar-refractivity contribution in [3.05, 3.63) is 59.5 Å². The fraction of sp³-hybridized carbons (Fsp3) is 0.250. The van der Waals surface area contributed by atoms with Crippen molar-refractivity contribution in [2.75, 3.05) is 0 Å². The van der Waals surface area contributed by atoms with Crippen molar-refractivity contribution < 1.29 is 0 Å². The van der Waals surface area contributed by atoms with Crippen LogP contribution in [0.4, 0.5) is 0 Å². The van der Waals surface area contributed by atoms with Gasteiger partial charge in [-0.05, 0) is 24.6 Å². The summed E-state index contributed by atoms with van der Waals surface area (Å²) in [6, 6.07) is 10.4. The molecule has 0 unspecified atom stereocenters. The van der Waals surface area contributed by atoms with Gasteiger partial charge in [0.15, 0.2) is 0 Å². The first kappa shape index (κ1) is 12.8. The van der Waals surface area contributed by atoms with Gasteiger partial charge in [0.25, 0.3) is 0 Å². The Kier molecular flexibility index (Phi) is 3.48. The number of rotatable bonds is 4. The van der Waals surface area contributed by atoms with Gasteiger partial charge in [0.1, 0.15) is 0 Å².